The molecule has 0 spiro atoms. The molecule has 0 bridgehead atoms. The first kappa shape index (κ1) is 29.8. The first-order chi connectivity index (χ1) is 18.7. The average Bonchev–Trinajstić information content (AvgIpc) is 2.94. The Bertz CT molecular complexity index is 1230. The molecule has 11 nitrogen and oxygen atoms in total. The highest BCUT2D eigenvalue weighted by atomic mass is 32.2. The molecule has 2 N–H and O–H groups in total. The van der Waals surface area contributed by atoms with Crippen molar-refractivity contribution in [3.8, 4) is 0 Å². The minimum Gasteiger partial charge on any atom is -0.435 e. The molecule has 1 saturated heterocycles. The lowest BCUT2D eigenvalue weighted by Gasteiger charge is -2.28. The minimum atomic E-state index is -3.92. The molecule has 0 unspecified atom stereocenters. The summed E-state index contributed by atoms with van der Waals surface area (Å²) in [6.07, 6.45) is -2.54. The predicted molar refractivity (Wildman–Crippen MR) is 142 cm³/mol. The topological polar surface area (TPSA) is 148 Å². The van der Waals surface area contributed by atoms with Gasteiger partial charge in [0.15, 0.2) is 15.9 Å². The average molecular weight is 560 g/mol. The van der Waals surface area contributed by atoms with Gasteiger partial charge in [0.2, 0.25) is 5.78 Å². The van der Waals surface area contributed by atoms with E-state index in [1.165, 1.54) is 4.90 Å². The van der Waals surface area contributed by atoms with Crippen molar-refractivity contribution in [3.05, 3.63) is 71.8 Å². The van der Waals surface area contributed by atoms with Crippen molar-refractivity contribution < 1.29 is 37.1 Å². The van der Waals surface area contributed by atoms with E-state index in [0.29, 0.717) is 5.56 Å². The maximum atomic E-state index is 13.2. The molecule has 39 heavy (non-hydrogen) atoms. The fraction of sp³-hybridized carbons (Fsp3) is 0.407. The summed E-state index contributed by atoms with van der Waals surface area (Å²) in [6, 6.07) is 16.1. The minimum absolute atomic E-state index is 0.0597. The Morgan fingerprint density at radius 3 is 2.13 bits per heavy atom. The normalized spacial score (nSPS) is 15.1. The number of Topliss-reactive ketones (excluding diaryl/α,β-unsaturated/α-hetero) is 1. The molecule has 2 aromatic rings. The van der Waals surface area contributed by atoms with Gasteiger partial charge in [-0.1, -0.05) is 67.6 Å². The smallest absolute Gasteiger partial charge is 0.410 e. The highest BCUT2D eigenvalue weighted by molar-refractivity contribution is 7.90. The van der Waals surface area contributed by atoms with Gasteiger partial charge in [0.25, 0.3) is 11.8 Å². The van der Waals surface area contributed by atoms with Crippen LogP contribution in [0.1, 0.15) is 24.5 Å². The molecular weight excluding hydrogens is 526 g/mol. The van der Waals surface area contributed by atoms with Crippen LogP contribution in [-0.2, 0) is 46.0 Å². The van der Waals surface area contributed by atoms with Crippen LogP contribution in [0.15, 0.2) is 60.7 Å². The lowest BCUT2D eigenvalue weighted by molar-refractivity contribution is -0.141. The monoisotopic (exact) mass is 559 g/mol. The molecule has 0 radical (unpaired) electrons. The Kier molecular flexibility index (Phi) is 11.0. The number of hydrogen-bond acceptors (Lipinski definition) is 8. The van der Waals surface area contributed by atoms with Gasteiger partial charge >= 0.3 is 6.09 Å². The number of amides is 3. The Morgan fingerprint density at radius 1 is 0.949 bits per heavy atom. The number of nitrogens with zero attached hydrogens (tertiary/aromatic N) is 1. The Balaban J connectivity index is 1.70. The van der Waals surface area contributed by atoms with E-state index in [9.17, 15) is 27.6 Å². The van der Waals surface area contributed by atoms with Crippen LogP contribution in [0.3, 0.4) is 0 Å². The van der Waals surface area contributed by atoms with Crippen molar-refractivity contribution in [3.63, 3.8) is 0 Å². The number of hydrogen-bond donors (Lipinski definition) is 2. The molecule has 12 heteroatoms. The Labute approximate surface area is 227 Å². The maximum Gasteiger partial charge on any atom is 0.410 e. The Morgan fingerprint density at radius 2 is 1.54 bits per heavy atom. The molecule has 0 aromatic heterocycles. The second-order valence-electron chi connectivity index (χ2n) is 9.01. The fourth-order valence-corrected chi connectivity index (χ4v) is 5.36. The van der Waals surface area contributed by atoms with E-state index in [1.807, 2.05) is 6.07 Å². The SMILES string of the molecule is CC[C@@H](NC(=O)[C@@H](CS(=O)(=O)Cc1ccccc1)OC(=O)N1CCOCC1)C(=O)C(=O)NCc1ccccc1. The zero-order valence-corrected chi connectivity index (χ0v) is 22.5. The molecule has 0 aliphatic carbocycles. The molecule has 0 saturated carbocycles. The lowest BCUT2D eigenvalue weighted by atomic mass is 10.1. The molecular formula is C27H33N3O8S. The van der Waals surface area contributed by atoms with Crippen LogP contribution in [-0.4, -0.2) is 81.2 Å². The number of carbonyl (C=O) groups excluding carboxylic acids is 4. The van der Waals surface area contributed by atoms with Gasteiger partial charge in [-0.25, -0.2) is 13.2 Å². The molecule has 2 aromatic carbocycles. The van der Waals surface area contributed by atoms with Crippen LogP contribution in [0.5, 0.6) is 0 Å². The number of ether oxygens (including phenoxy) is 2. The van der Waals surface area contributed by atoms with Gasteiger partial charge in [0, 0.05) is 19.6 Å². The summed E-state index contributed by atoms with van der Waals surface area (Å²) in [5.41, 5.74) is 1.29. The van der Waals surface area contributed by atoms with Crippen molar-refractivity contribution in [1.82, 2.24) is 15.5 Å². The van der Waals surface area contributed by atoms with Crippen LogP contribution < -0.4 is 10.6 Å². The third kappa shape index (κ3) is 9.48. The van der Waals surface area contributed by atoms with Crippen molar-refractivity contribution in [2.24, 2.45) is 0 Å². The van der Waals surface area contributed by atoms with Gasteiger partial charge in [-0.05, 0) is 17.5 Å². The summed E-state index contributed by atoms with van der Waals surface area (Å²) in [6.45, 7) is 2.72. The van der Waals surface area contributed by atoms with Crippen molar-refractivity contribution in [1.29, 1.82) is 0 Å². The third-order valence-corrected chi connectivity index (χ3v) is 7.58. The molecule has 2 atom stereocenters. The lowest BCUT2D eigenvalue weighted by Crippen LogP contribution is -2.53. The van der Waals surface area contributed by atoms with Crippen molar-refractivity contribution in [2.45, 2.75) is 37.8 Å². The molecule has 210 valence electrons. The van der Waals surface area contributed by atoms with E-state index >= 15 is 0 Å². The largest absolute Gasteiger partial charge is 0.435 e. The van der Waals surface area contributed by atoms with Gasteiger partial charge < -0.3 is 25.0 Å². The summed E-state index contributed by atoms with van der Waals surface area (Å²) in [7, 11) is -3.92. The number of nitrogens with one attached hydrogen (secondary N) is 2. The maximum absolute atomic E-state index is 13.2. The molecule has 1 heterocycles. The molecule has 1 fully saturated rings. The van der Waals surface area contributed by atoms with Crippen molar-refractivity contribution in [2.75, 3.05) is 32.1 Å². The first-order valence-corrected chi connectivity index (χ1v) is 14.4. The molecule has 3 rings (SSSR count). The summed E-state index contributed by atoms with van der Waals surface area (Å²) >= 11 is 0. The summed E-state index contributed by atoms with van der Waals surface area (Å²) in [5, 5.41) is 4.92. The van der Waals surface area contributed by atoms with Crippen LogP contribution in [0.25, 0.3) is 0 Å². The zero-order chi connectivity index (χ0) is 28.3. The van der Waals surface area contributed by atoms with E-state index in [-0.39, 0.29) is 45.0 Å². The fourth-order valence-electron chi connectivity index (χ4n) is 3.86. The van der Waals surface area contributed by atoms with Gasteiger partial charge in [-0.15, -0.1) is 0 Å². The number of carbonyl (C=O) groups is 4. The number of sulfone groups is 1. The standard InChI is InChI=1S/C27H33N3O8S/c1-2-22(24(31)26(33)28-17-20-9-5-3-6-10-20)29-25(32)23(38-27(34)30-13-15-37-16-14-30)19-39(35,36)18-21-11-7-4-8-12-21/h3-12,22-23H,2,13-19H2,1H3,(H,28,33)(H,29,32)/t22-,23-/m1/s1. The number of rotatable bonds is 12. The van der Waals surface area contributed by atoms with Gasteiger partial charge in [-0.3, -0.25) is 14.4 Å². The van der Waals surface area contributed by atoms with Crippen LogP contribution >= 0.6 is 0 Å². The van der Waals surface area contributed by atoms with Crippen LogP contribution in [0.4, 0.5) is 4.79 Å². The van der Waals surface area contributed by atoms with Gasteiger partial charge in [-0.2, -0.15) is 0 Å². The second kappa shape index (κ2) is 14.4. The van der Waals surface area contributed by atoms with E-state index in [4.69, 9.17) is 9.47 Å². The summed E-state index contributed by atoms with van der Waals surface area (Å²) in [5.74, 6) is -3.94. The zero-order valence-electron chi connectivity index (χ0n) is 21.7. The third-order valence-electron chi connectivity index (χ3n) is 6.00. The molecule has 3 amide bonds. The summed E-state index contributed by atoms with van der Waals surface area (Å²) < 4.78 is 36.5. The van der Waals surface area contributed by atoms with Gasteiger partial charge in [0.1, 0.15) is 0 Å². The highest BCUT2D eigenvalue weighted by Gasteiger charge is 2.34. The van der Waals surface area contributed by atoms with Gasteiger partial charge in [0.05, 0.1) is 30.8 Å². The van der Waals surface area contributed by atoms with Crippen LogP contribution in [0, 0.1) is 0 Å². The number of ketones is 1. The highest BCUT2D eigenvalue weighted by Crippen LogP contribution is 2.12. The van der Waals surface area contributed by atoms with E-state index in [1.54, 1.807) is 61.5 Å². The van der Waals surface area contributed by atoms with Crippen LogP contribution in [0.2, 0.25) is 0 Å². The molecule has 1 aliphatic rings. The van der Waals surface area contributed by atoms with E-state index in [0.717, 1.165) is 5.56 Å². The molecule has 1 aliphatic heterocycles. The van der Waals surface area contributed by atoms with E-state index < -0.39 is 51.4 Å². The second-order valence-corrected chi connectivity index (χ2v) is 11.1. The number of morpholine rings is 1. The summed E-state index contributed by atoms with van der Waals surface area (Å²) in [4.78, 5) is 52.5. The van der Waals surface area contributed by atoms with Crippen molar-refractivity contribution >= 4 is 33.5 Å². The predicted octanol–water partition coefficient (Wildman–Crippen LogP) is 1.22. The van der Waals surface area contributed by atoms with E-state index in [2.05, 4.69) is 10.6 Å². The Hall–Kier alpha value is -3.77. The quantitative estimate of drug-likeness (QED) is 0.369. The first-order valence-electron chi connectivity index (χ1n) is 12.6. The number of benzene rings is 2.